The maximum absolute atomic E-state index is 5.67. The van der Waals surface area contributed by atoms with Gasteiger partial charge in [-0.05, 0) is 16.3 Å². The van der Waals surface area contributed by atoms with Gasteiger partial charge in [0, 0.05) is 37.8 Å². The Kier molecular flexibility index (Phi) is 3.24. The molecule has 0 saturated carbocycles. The van der Waals surface area contributed by atoms with Crippen molar-refractivity contribution in [3.8, 4) is 0 Å². The van der Waals surface area contributed by atoms with Gasteiger partial charge in [-0.2, -0.15) is 0 Å². The third-order valence-corrected chi connectivity index (χ3v) is 4.31. The summed E-state index contributed by atoms with van der Waals surface area (Å²) in [6.45, 7) is 2.84. The summed E-state index contributed by atoms with van der Waals surface area (Å²) in [6.07, 6.45) is 2.81. The number of aromatic nitrogens is 2. The molecule has 2 N–H and O–H groups in total. The molecule has 0 saturated heterocycles. The van der Waals surface area contributed by atoms with Crippen LogP contribution in [0.15, 0.2) is 48.7 Å². The topological polar surface area (TPSA) is 55.0 Å². The Hall–Kier alpha value is -2.46. The monoisotopic (exact) mass is 290 g/mol. The Morgan fingerprint density at radius 1 is 1.09 bits per heavy atom. The van der Waals surface area contributed by atoms with Crippen molar-refractivity contribution >= 4 is 16.7 Å². The van der Waals surface area contributed by atoms with Crippen LogP contribution in [0.25, 0.3) is 10.8 Å². The van der Waals surface area contributed by atoms with Crippen molar-refractivity contribution in [2.24, 2.45) is 0 Å². The van der Waals surface area contributed by atoms with Gasteiger partial charge in [-0.25, -0.2) is 9.97 Å². The van der Waals surface area contributed by atoms with Gasteiger partial charge in [0.2, 0.25) is 5.95 Å². The van der Waals surface area contributed by atoms with Crippen LogP contribution in [0.5, 0.6) is 0 Å². The van der Waals surface area contributed by atoms with Gasteiger partial charge >= 0.3 is 0 Å². The van der Waals surface area contributed by atoms with E-state index in [0.717, 1.165) is 31.7 Å². The van der Waals surface area contributed by atoms with Crippen LogP contribution in [0.3, 0.4) is 0 Å². The molecule has 4 rings (SSSR count). The minimum Gasteiger partial charge on any atom is -0.368 e. The zero-order valence-electron chi connectivity index (χ0n) is 12.4. The van der Waals surface area contributed by atoms with Gasteiger partial charge in [-0.15, -0.1) is 0 Å². The molecule has 4 heteroatoms. The zero-order chi connectivity index (χ0) is 14.9. The molecule has 110 valence electrons. The van der Waals surface area contributed by atoms with Crippen LogP contribution < -0.4 is 5.73 Å². The molecule has 22 heavy (non-hydrogen) atoms. The molecule has 2 heterocycles. The second kappa shape index (κ2) is 5.39. The van der Waals surface area contributed by atoms with Crippen molar-refractivity contribution in [1.82, 2.24) is 14.9 Å². The number of nitrogens with two attached hydrogens (primary N) is 1. The zero-order valence-corrected chi connectivity index (χ0v) is 12.4. The predicted molar refractivity (Wildman–Crippen MR) is 88.2 cm³/mol. The van der Waals surface area contributed by atoms with E-state index in [4.69, 9.17) is 5.73 Å². The molecular formula is C18H18N4. The first-order chi connectivity index (χ1) is 10.8. The summed E-state index contributed by atoms with van der Waals surface area (Å²) in [5.41, 5.74) is 9.33. The molecule has 0 atom stereocenters. The van der Waals surface area contributed by atoms with E-state index >= 15 is 0 Å². The molecule has 0 radical (unpaired) electrons. The standard InChI is InChI=1S/C18H18N4/c19-18-20-10-15-12-22(9-8-17(15)21-18)11-14-6-3-5-13-4-1-2-7-16(13)14/h1-7,10H,8-9,11-12H2,(H2,19,20,21). The largest absolute Gasteiger partial charge is 0.368 e. The van der Waals surface area contributed by atoms with E-state index in [1.807, 2.05) is 6.20 Å². The molecule has 1 aromatic heterocycles. The number of nitrogens with zero attached hydrogens (tertiary/aromatic N) is 3. The quantitative estimate of drug-likeness (QED) is 0.788. The van der Waals surface area contributed by atoms with E-state index in [9.17, 15) is 0 Å². The number of hydrogen-bond acceptors (Lipinski definition) is 4. The minimum absolute atomic E-state index is 0.376. The summed E-state index contributed by atoms with van der Waals surface area (Å²) >= 11 is 0. The van der Waals surface area contributed by atoms with Gasteiger partial charge in [0.25, 0.3) is 0 Å². The first-order valence-electron chi connectivity index (χ1n) is 7.59. The Labute approximate surface area is 129 Å². The average molecular weight is 290 g/mol. The Morgan fingerprint density at radius 3 is 2.91 bits per heavy atom. The second-order valence-electron chi connectivity index (χ2n) is 5.80. The SMILES string of the molecule is Nc1ncc2c(n1)CCN(Cc1cccc3ccccc13)C2. The maximum atomic E-state index is 5.67. The van der Waals surface area contributed by atoms with E-state index in [2.05, 4.69) is 57.3 Å². The lowest BCUT2D eigenvalue weighted by atomic mass is 10.0. The second-order valence-corrected chi connectivity index (χ2v) is 5.80. The average Bonchev–Trinajstić information content (AvgIpc) is 2.55. The molecule has 0 spiro atoms. The van der Waals surface area contributed by atoms with Crippen LogP contribution in [-0.4, -0.2) is 21.4 Å². The van der Waals surface area contributed by atoms with Crippen molar-refractivity contribution in [3.63, 3.8) is 0 Å². The Morgan fingerprint density at radius 2 is 1.95 bits per heavy atom. The van der Waals surface area contributed by atoms with Crippen LogP contribution in [0.1, 0.15) is 16.8 Å². The fourth-order valence-electron chi connectivity index (χ4n) is 3.20. The molecule has 0 unspecified atom stereocenters. The maximum Gasteiger partial charge on any atom is 0.220 e. The van der Waals surface area contributed by atoms with Gasteiger partial charge in [0.15, 0.2) is 0 Å². The number of fused-ring (bicyclic) bond motifs is 2. The smallest absolute Gasteiger partial charge is 0.220 e. The summed E-state index contributed by atoms with van der Waals surface area (Å²) in [4.78, 5) is 10.9. The van der Waals surface area contributed by atoms with E-state index in [0.29, 0.717) is 5.95 Å². The molecule has 1 aliphatic rings. The normalized spacial score (nSPS) is 14.9. The highest BCUT2D eigenvalue weighted by Gasteiger charge is 2.18. The summed E-state index contributed by atoms with van der Waals surface area (Å²) in [5, 5.41) is 2.64. The minimum atomic E-state index is 0.376. The predicted octanol–water partition coefficient (Wildman–Crippen LogP) is 2.77. The van der Waals surface area contributed by atoms with Crippen molar-refractivity contribution in [2.45, 2.75) is 19.5 Å². The van der Waals surface area contributed by atoms with E-state index in [-0.39, 0.29) is 0 Å². The fourth-order valence-corrected chi connectivity index (χ4v) is 3.20. The van der Waals surface area contributed by atoms with Crippen molar-refractivity contribution < 1.29 is 0 Å². The molecule has 0 bridgehead atoms. The molecule has 0 fully saturated rings. The molecule has 4 nitrogen and oxygen atoms in total. The summed E-state index contributed by atoms with van der Waals surface area (Å²) in [7, 11) is 0. The summed E-state index contributed by atoms with van der Waals surface area (Å²) in [5.74, 6) is 0.376. The Balaban J connectivity index is 1.60. The van der Waals surface area contributed by atoms with Crippen molar-refractivity contribution in [3.05, 3.63) is 65.5 Å². The molecule has 2 aromatic carbocycles. The summed E-state index contributed by atoms with van der Waals surface area (Å²) < 4.78 is 0. The van der Waals surface area contributed by atoms with Crippen molar-refractivity contribution in [2.75, 3.05) is 12.3 Å². The first-order valence-corrected chi connectivity index (χ1v) is 7.59. The molecular weight excluding hydrogens is 272 g/mol. The lowest BCUT2D eigenvalue weighted by Crippen LogP contribution is -2.31. The lowest BCUT2D eigenvalue weighted by Gasteiger charge is -2.28. The fraction of sp³-hybridized carbons (Fsp3) is 0.222. The van der Waals surface area contributed by atoms with Crippen LogP contribution in [0, 0.1) is 0 Å². The highest BCUT2D eigenvalue weighted by Crippen LogP contribution is 2.23. The third kappa shape index (κ3) is 2.42. The molecule has 0 amide bonds. The molecule has 0 aliphatic carbocycles. The lowest BCUT2D eigenvalue weighted by molar-refractivity contribution is 0.244. The van der Waals surface area contributed by atoms with Crippen LogP contribution in [-0.2, 0) is 19.5 Å². The number of anilines is 1. The number of rotatable bonds is 2. The summed E-state index contributed by atoms with van der Waals surface area (Å²) in [6, 6.07) is 15.1. The van der Waals surface area contributed by atoms with Gasteiger partial charge in [-0.3, -0.25) is 4.90 Å². The number of benzene rings is 2. The van der Waals surface area contributed by atoms with Crippen LogP contribution in [0.4, 0.5) is 5.95 Å². The van der Waals surface area contributed by atoms with E-state index < -0.39 is 0 Å². The highest BCUT2D eigenvalue weighted by atomic mass is 15.1. The number of nitrogen functional groups attached to an aromatic ring is 1. The third-order valence-electron chi connectivity index (χ3n) is 4.31. The number of hydrogen-bond donors (Lipinski definition) is 1. The van der Waals surface area contributed by atoms with Gasteiger partial charge in [0.1, 0.15) is 0 Å². The van der Waals surface area contributed by atoms with E-state index in [1.165, 1.54) is 21.9 Å². The molecule has 3 aromatic rings. The van der Waals surface area contributed by atoms with Gasteiger partial charge in [-0.1, -0.05) is 42.5 Å². The Bertz CT molecular complexity index is 823. The van der Waals surface area contributed by atoms with Gasteiger partial charge in [0.05, 0.1) is 5.69 Å². The first kappa shape index (κ1) is 13.2. The molecule has 1 aliphatic heterocycles. The van der Waals surface area contributed by atoms with Crippen LogP contribution in [0.2, 0.25) is 0 Å². The van der Waals surface area contributed by atoms with Gasteiger partial charge < -0.3 is 5.73 Å². The van der Waals surface area contributed by atoms with Crippen molar-refractivity contribution in [1.29, 1.82) is 0 Å². The van der Waals surface area contributed by atoms with E-state index in [1.54, 1.807) is 0 Å². The van der Waals surface area contributed by atoms with Crippen LogP contribution >= 0.6 is 0 Å². The highest BCUT2D eigenvalue weighted by molar-refractivity contribution is 5.85.